The molecule has 1 atom stereocenters. The third-order valence-electron chi connectivity index (χ3n) is 4.98. The molecule has 1 heterocycles. The van der Waals surface area contributed by atoms with Crippen molar-refractivity contribution in [2.75, 3.05) is 13.1 Å². The van der Waals surface area contributed by atoms with Crippen molar-refractivity contribution in [1.82, 2.24) is 5.32 Å². The van der Waals surface area contributed by atoms with Gasteiger partial charge in [-0.25, -0.2) is 0 Å². The number of carbonyl (C=O) groups excluding carboxylic acids is 3. The average molecular weight is 386 g/mol. The fourth-order valence-corrected chi connectivity index (χ4v) is 3.37. The van der Waals surface area contributed by atoms with Gasteiger partial charge in [-0.15, -0.1) is 6.58 Å². The summed E-state index contributed by atoms with van der Waals surface area (Å²) in [4.78, 5) is 36.9. The minimum absolute atomic E-state index is 0.248. The standard InChI is InChI=1S/C23H31NO4/c1-2-3-16-24-17-12-8-6-4-5-7-9-14-19(25)21-22(26)18-13-10-11-15-20(18)28-23(21)27/h2,10-11,13,15,21,24H,1,3-9,12,14,16-17H2. The lowest BCUT2D eigenvalue weighted by atomic mass is 9.88. The molecule has 0 aliphatic carbocycles. The summed E-state index contributed by atoms with van der Waals surface area (Å²) in [6, 6.07) is 6.57. The minimum atomic E-state index is -1.29. The van der Waals surface area contributed by atoms with Gasteiger partial charge >= 0.3 is 5.97 Å². The second-order valence-corrected chi connectivity index (χ2v) is 7.23. The molecular formula is C23H31NO4. The highest BCUT2D eigenvalue weighted by molar-refractivity contribution is 6.25. The zero-order valence-corrected chi connectivity index (χ0v) is 16.6. The molecule has 28 heavy (non-hydrogen) atoms. The Labute approximate surface area is 167 Å². The van der Waals surface area contributed by atoms with E-state index in [1.54, 1.807) is 24.3 Å². The molecule has 1 aromatic carbocycles. The number of ether oxygens (including phenoxy) is 1. The second kappa shape index (κ2) is 12.2. The molecule has 2 rings (SSSR count). The van der Waals surface area contributed by atoms with Crippen LogP contribution in [0.4, 0.5) is 0 Å². The SMILES string of the molecule is C=CCCNCCCCCCCCCC(=O)C1C(=O)Oc2ccccc2C1=O. The third kappa shape index (κ3) is 6.71. The molecule has 1 aliphatic heterocycles. The highest BCUT2D eigenvalue weighted by Crippen LogP contribution is 2.29. The number of para-hydroxylation sites is 1. The molecule has 0 saturated heterocycles. The van der Waals surface area contributed by atoms with Gasteiger partial charge in [0.05, 0.1) is 5.56 Å². The summed E-state index contributed by atoms with van der Waals surface area (Å²) >= 11 is 0. The van der Waals surface area contributed by atoms with Crippen molar-refractivity contribution in [1.29, 1.82) is 0 Å². The van der Waals surface area contributed by atoms with E-state index in [1.165, 1.54) is 19.3 Å². The van der Waals surface area contributed by atoms with Crippen molar-refractivity contribution in [3.63, 3.8) is 0 Å². The number of rotatable bonds is 14. The maximum Gasteiger partial charge on any atom is 0.329 e. The molecule has 0 fully saturated rings. The first-order chi connectivity index (χ1) is 13.6. The Kier molecular flexibility index (Phi) is 9.63. The van der Waals surface area contributed by atoms with E-state index >= 15 is 0 Å². The van der Waals surface area contributed by atoms with Gasteiger partial charge in [0, 0.05) is 6.42 Å². The van der Waals surface area contributed by atoms with Crippen molar-refractivity contribution in [2.45, 2.75) is 57.8 Å². The lowest BCUT2D eigenvalue weighted by Gasteiger charge is -2.21. The van der Waals surface area contributed by atoms with Crippen LogP contribution in [0.25, 0.3) is 0 Å². The zero-order chi connectivity index (χ0) is 20.2. The monoisotopic (exact) mass is 385 g/mol. The summed E-state index contributed by atoms with van der Waals surface area (Å²) in [5.41, 5.74) is 0.319. The van der Waals surface area contributed by atoms with Crippen molar-refractivity contribution < 1.29 is 19.1 Å². The second-order valence-electron chi connectivity index (χ2n) is 7.23. The fourth-order valence-electron chi connectivity index (χ4n) is 3.37. The number of ketones is 2. The first-order valence-corrected chi connectivity index (χ1v) is 10.3. The third-order valence-corrected chi connectivity index (χ3v) is 4.98. The van der Waals surface area contributed by atoms with Crippen LogP contribution in [0, 0.1) is 5.92 Å². The number of hydrogen-bond acceptors (Lipinski definition) is 5. The largest absolute Gasteiger partial charge is 0.425 e. The van der Waals surface area contributed by atoms with Gasteiger partial charge in [0.2, 0.25) is 0 Å². The summed E-state index contributed by atoms with van der Waals surface area (Å²) in [6.45, 7) is 5.75. The average Bonchev–Trinajstić information content (AvgIpc) is 2.69. The lowest BCUT2D eigenvalue weighted by molar-refractivity contribution is -0.142. The Hall–Kier alpha value is -2.27. The van der Waals surface area contributed by atoms with E-state index in [9.17, 15) is 14.4 Å². The van der Waals surface area contributed by atoms with Crippen LogP contribution < -0.4 is 10.1 Å². The van der Waals surface area contributed by atoms with E-state index in [1.807, 2.05) is 6.08 Å². The normalized spacial score (nSPS) is 15.8. The molecule has 0 aromatic heterocycles. The molecule has 0 amide bonds. The van der Waals surface area contributed by atoms with E-state index < -0.39 is 17.7 Å². The van der Waals surface area contributed by atoms with Crippen LogP contribution in [-0.2, 0) is 9.59 Å². The van der Waals surface area contributed by atoms with Crippen molar-refractivity contribution in [2.24, 2.45) is 5.92 Å². The van der Waals surface area contributed by atoms with E-state index in [-0.39, 0.29) is 18.0 Å². The Morgan fingerprint density at radius 3 is 2.43 bits per heavy atom. The Morgan fingerprint density at radius 2 is 1.68 bits per heavy atom. The summed E-state index contributed by atoms with van der Waals surface area (Å²) in [5.74, 6) is -2.54. The van der Waals surface area contributed by atoms with E-state index in [0.717, 1.165) is 38.8 Å². The van der Waals surface area contributed by atoms with Crippen LogP contribution in [0.3, 0.4) is 0 Å². The summed E-state index contributed by atoms with van der Waals surface area (Å²) in [6.07, 6.45) is 10.6. The first kappa shape index (κ1) is 22.0. The molecule has 5 nitrogen and oxygen atoms in total. The number of nitrogens with one attached hydrogen (secondary N) is 1. The van der Waals surface area contributed by atoms with Gasteiger partial charge in [0.1, 0.15) is 5.75 Å². The van der Waals surface area contributed by atoms with Gasteiger partial charge in [-0.05, 0) is 44.5 Å². The first-order valence-electron chi connectivity index (χ1n) is 10.3. The van der Waals surface area contributed by atoms with E-state index in [4.69, 9.17) is 4.74 Å². The van der Waals surface area contributed by atoms with Crippen LogP contribution in [0.15, 0.2) is 36.9 Å². The predicted octanol–water partition coefficient (Wildman–Crippen LogP) is 4.26. The molecule has 1 unspecified atom stereocenters. The van der Waals surface area contributed by atoms with Gasteiger partial charge in [-0.1, -0.05) is 50.3 Å². The Bertz CT molecular complexity index is 683. The summed E-state index contributed by atoms with van der Waals surface area (Å²) in [5, 5.41) is 3.38. The predicted molar refractivity (Wildman–Crippen MR) is 110 cm³/mol. The molecule has 1 N–H and O–H groups in total. The van der Waals surface area contributed by atoms with Gasteiger partial charge in [-0.2, -0.15) is 0 Å². The van der Waals surface area contributed by atoms with Crippen molar-refractivity contribution in [3.8, 4) is 5.75 Å². The number of unbranched alkanes of at least 4 members (excludes halogenated alkanes) is 6. The molecule has 1 aliphatic rings. The van der Waals surface area contributed by atoms with Gasteiger partial charge in [-0.3, -0.25) is 14.4 Å². The quantitative estimate of drug-likeness (QED) is 0.170. The van der Waals surface area contributed by atoms with Crippen LogP contribution in [0.2, 0.25) is 0 Å². The molecule has 0 bridgehead atoms. The topological polar surface area (TPSA) is 72.5 Å². The number of hydrogen-bond donors (Lipinski definition) is 1. The van der Waals surface area contributed by atoms with Crippen molar-refractivity contribution in [3.05, 3.63) is 42.5 Å². The van der Waals surface area contributed by atoms with Crippen LogP contribution in [-0.4, -0.2) is 30.6 Å². The smallest absolute Gasteiger partial charge is 0.329 e. The molecule has 0 spiro atoms. The Morgan fingerprint density at radius 1 is 1.00 bits per heavy atom. The van der Waals surface area contributed by atoms with Gasteiger partial charge in [0.15, 0.2) is 17.5 Å². The van der Waals surface area contributed by atoms with Crippen LogP contribution in [0.1, 0.15) is 68.1 Å². The maximum absolute atomic E-state index is 12.5. The number of benzene rings is 1. The van der Waals surface area contributed by atoms with E-state index in [0.29, 0.717) is 12.0 Å². The maximum atomic E-state index is 12.5. The van der Waals surface area contributed by atoms with E-state index in [2.05, 4.69) is 11.9 Å². The Balaban J connectivity index is 1.57. The molecule has 0 saturated carbocycles. The number of esters is 1. The fraction of sp³-hybridized carbons (Fsp3) is 0.522. The van der Waals surface area contributed by atoms with Crippen LogP contribution >= 0.6 is 0 Å². The molecule has 0 radical (unpaired) electrons. The van der Waals surface area contributed by atoms with Crippen LogP contribution in [0.5, 0.6) is 5.75 Å². The summed E-state index contributed by atoms with van der Waals surface area (Å²) in [7, 11) is 0. The summed E-state index contributed by atoms with van der Waals surface area (Å²) < 4.78 is 5.16. The number of carbonyl (C=O) groups is 3. The van der Waals surface area contributed by atoms with Crippen molar-refractivity contribution >= 4 is 17.5 Å². The highest BCUT2D eigenvalue weighted by atomic mass is 16.5. The highest BCUT2D eigenvalue weighted by Gasteiger charge is 2.40. The number of fused-ring (bicyclic) bond motifs is 1. The van der Waals surface area contributed by atoms with Gasteiger partial charge < -0.3 is 10.1 Å². The zero-order valence-electron chi connectivity index (χ0n) is 16.6. The molecule has 1 aromatic rings. The lowest BCUT2D eigenvalue weighted by Crippen LogP contribution is -2.38. The molecule has 5 heteroatoms. The molecule has 152 valence electrons. The minimum Gasteiger partial charge on any atom is -0.425 e. The number of Topliss-reactive ketones (excluding diaryl/α,β-unsaturated/α-hetero) is 2. The van der Waals surface area contributed by atoms with Gasteiger partial charge in [0.25, 0.3) is 0 Å². The molecular weight excluding hydrogens is 354 g/mol.